The van der Waals surface area contributed by atoms with E-state index in [0.29, 0.717) is 12.0 Å². The van der Waals surface area contributed by atoms with Crippen molar-refractivity contribution in [2.75, 3.05) is 19.8 Å². The lowest BCUT2D eigenvalue weighted by Gasteiger charge is -2.22. The minimum atomic E-state index is -0.620. The van der Waals surface area contributed by atoms with Gasteiger partial charge in [0.25, 0.3) is 0 Å². The molecule has 0 aromatic heterocycles. The van der Waals surface area contributed by atoms with Crippen molar-refractivity contribution in [3.05, 3.63) is 0 Å². The summed E-state index contributed by atoms with van der Waals surface area (Å²) in [5.41, 5.74) is 0. The van der Waals surface area contributed by atoms with E-state index in [1.807, 2.05) is 0 Å². The molecule has 0 spiro atoms. The fourth-order valence-corrected chi connectivity index (χ4v) is 3.20. The Balaban J connectivity index is 1.77. The molecular weight excluding hydrogens is 218 g/mol. The molecule has 2 rings (SSSR count). The second-order valence-electron chi connectivity index (χ2n) is 5.69. The van der Waals surface area contributed by atoms with Crippen LogP contribution in [-0.2, 0) is 9.53 Å². The van der Waals surface area contributed by atoms with Gasteiger partial charge in [0.2, 0.25) is 0 Å². The number of carboxylic acid groups (broad SMARTS) is 1. The molecule has 2 aliphatic heterocycles. The maximum Gasteiger partial charge on any atom is 0.308 e. The highest BCUT2D eigenvalue weighted by Crippen LogP contribution is 2.41. The number of carboxylic acids is 1. The van der Waals surface area contributed by atoms with Crippen molar-refractivity contribution in [1.29, 1.82) is 0 Å². The Morgan fingerprint density at radius 1 is 1.47 bits per heavy atom. The van der Waals surface area contributed by atoms with E-state index in [2.05, 4.69) is 18.7 Å². The molecular formula is C13H23NO3. The highest BCUT2D eigenvalue weighted by atomic mass is 16.5. The summed E-state index contributed by atoms with van der Waals surface area (Å²) in [4.78, 5) is 13.5. The molecule has 3 unspecified atom stereocenters. The molecule has 0 aliphatic carbocycles. The molecule has 2 heterocycles. The molecule has 0 aromatic rings. The van der Waals surface area contributed by atoms with Crippen LogP contribution in [0.1, 0.15) is 33.1 Å². The van der Waals surface area contributed by atoms with E-state index >= 15 is 0 Å². The third-order valence-electron chi connectivity index (χ3n) is 3.94. The monoisotopic (exact) mass is 241 g/mol. The van der Waals surface area contributed by atoms with Gasteiger partial charge in [0, 0.05) is 25.2 Å². The first kappa shape index (κ1) is 12.8. The summed E-state index contributed by atoms with van der Waals surface area (Å²) >= 11 is 0. The van der Waals surface area contributed by atoms with E-state index in [4.69, 9.17) is 9.84 Å². The van der Waals surface area contributed by atoms with Gasteiger partial charge < -0.3 is 9.84 Å². The van der Waals surface area contributed by atoms with Gasteiger partial charge in [-0.25, -0.2) is 0 Å². The van der Waals surface area contributed by atoms with Crippen molar-refractivity contribution in [3.8, 4) is 0 Å². The zero-order valence-corrected chi connectivity index (χ0v) is 10.8. The fourth-order valence-electron chi connectivity index (χ4n) is 3.20. The maximum absolute atomic E-state index is 11.1. The molecule has 0 radical (unpaired) electrons. The van der Waals surface area contributed by atoms with Crippen LogP contribution in [0.3, 0.4) is 0 Å². The van der Waals surface area contributed by atoms with Crippen LogP contribution < -0.4 is 0 Å². The van der Waals surface area contributed by atoms with Gasteiger partial charge in [0.1, 0.15) is 0 Å². The summed E-state index contributed by atoms with van der Waals surface area (Å²) in [6.45, 7) is 6.70. The van der Waals surface area contributed by atoms with E-state index in [9.17, 15) is 4.79 Å². The number of hydrogen-bond acceptors (Lipinski definition) is 3. The minimum absolute atomic E-state index is 0.140. The molecule has 2 saturated heterocycles. The number of rotatable bonds is 6. The van der Waals surface area contributed by atoms with Gasteiger partial charge in [0.15, 0.2) is 0 Å². The Morgan fingerprint density at radius 3 is 2.82 bits per heavy atom. The Bertz CT molecular complexity index is 280. The van der Waals surface area contributed by atoms with Gasteiger partial charge in [-0.2, -0.15) is 0 Å². The molecule has 3 atom stereocenters. The molecule has 1 N–H and O–H groups in total. The maximum atomic E-state index is 11.1. The predicted molar refractivity (Wildman–Crippen MR) is 64.9 cm³/mol. The molecule has 2 aliphatic rings. The first-order valence-corrected chi connectivity index (χ1v) is 6.66. The largest absolute Gasteiger partial charge is 0.481 e. The van der Waals surface area contributed by atoms with E-state index in [1.165, 1.54) is 6.42 Å². The van der Waals surface area contributed by atoms with Crippen molar-refractivity contribution in [2.45, 2.75) is 45.2 Å². The second kappa shape index (κ2) is 5.36. The molecule has 2 fully saturated rings. The number of ether oxygens (including phenoxy) is 1. The number of hydrogen-bond donors (Lipinski definition) is 1. The smallest absolute Gasteiger partial charge is 0.308 e. The van der Waals surface area contributed by atoms with Crippen molar-refractivity contribution in [3.63, 3.8) is 0 Å². The second-order valence-corrected chi connectivity index (χ2v) is 5.69. The van der Waals surface area contributed by atoms with Crippen molar-refractivity contribution in [1.82, 2.24) is 4.90 Å². The average molecular weight is 241 g/mol. The van der Waals surface area contributed by atoms with E-state index < -0.39 is 5.97 Å². The van der Waals surface area contributed by atoms with Gasteiger partial charge >= 0.3 is 5.97 Å². The summed E-state index contributed by atoms with van der Waals surface area (Å²) in [5.74, 6) is -0.193. The zero-order chi connectivity index (χ0) is 12.4. The molecule has 0 amide bonds. The lowest BCUT2D eigenvalue weighted by Crippen LogP contribution is -2.35. The third kappa shape index (κ3) is 2.80. The molecule has 2 bridgehead atoms. The van der Waals surface area contributed by atoms with Crippen LogP contribution in [0.5, 0.6) is 0 Å². The molecule has 17 heavy (non-hydrogen) atoms. The van der Waals surface area contributed by atoms with Crippen molar-refractivity contribution >= 4 is 5.97 Å². The minimum Gasteiger partial charge on any atom is -0.481 e. The van der Waals surface area contributed by atoms with Gasteiger partial charge in [0.05, 0.1) is 12.5 Å². The third-order valence-corrected chi connectivity index (χ3v) is 3.94. The Kier molecular flexibility index (Phi) is 4.05. The van der Waals surface area contributed by atoms with Gasteiger partial charge in [-0.1, -0.05) is 13.8 Å². The zero-order valence-electron chi connectivity index (χ0n) is 10.8. The summed E-state index contributed by atoms with van der Waals surface area (Å²) in [5, 5.41) is 9.14. The molecule has 0 saturated carbocycles. The summed E-state index contributed by atoms with van der Waals surface area (Å²) in [7, 11) is 0. The molecule has 4 heteroatoms. The Morgan fingerprint density at radius 2 is 2.24 bits per heavy atom. The first-order chi connectivity index (χ1) is 8.09. The van der Waals surface area contributed by atoms with Crippen LogP contribution in [-0.4, -0.2) is 47.8 Å². The summed E-state index contributed by atoms with van der Waals surface area (Å²) in [6, 6.07) is 0.754. The van der Waals surface area contributed by atoms with E-state index in [0.717, 1.165) is 32.6 Å². The van der Waals surface area contributed by atoms with Crippen LogP contribution in [0.4, 0.5) is 0 Å². The van der Waals surface area contributed by atoms with E-state index in [1.54, 1.807) is 0 Å². The average Bonchev–Trinajstić information content (AvgIpc) is 2.81. The fraction of sp³-hybridized carbons (Fsp3) is 0.923. The van der Waals surface area contributed by atoms with Crippen LogP contribution in [0.25, 0.3) is 0 Å². The van der Waals surface area contributed by atoms with Crippen LogP contribution in [0.2, 0.25) is 0 Å². The molecule has 98 valence electrons. The van der Waals surface area contributed by atoms with E-state index in [-0.39, 0.29) is 12.0 Å². The lowest BCUT2D eigenvalue weighted by atomic mass is 9.89. The highest BCUT2D eigenvalue weighted by Gasteiger charge is 2.48. The quantitative estimate of drug-likeness (QED) is 0.718. The van der Waals surface area contributed by atoms with Crippen molar-refractivity contribution < 1.29 is 14.6 Å². The normalized spacial score (nSPS) is 32.5. The highest BCUT2D eigenvalue weighted by molar-refractivity contribution is 5.71. The SMILES string of the molecule is CC(C)COCCN1C2CCC1C(C(=O)O)C2. The summed E-state index contributed by atoms with van der Waals surface area (Å²) < 4.78 is 5.59. The first-order valence-electron chi connectivity index (χ1n) is 6.66. The number of nitrogens with zero attached hydrogens (tertiary/aromatic N) is 1. The number of carbonyl (C=O) groups is 1. The summed E-state index contributed by atoms with van der Waals surface area (Å²) in [6.07, 6.45) is 3.05. The molecule has 0 aromatic carbocycles. The lowest BCUT2D eigenvalue weighted by molar-refractivity contribution is -0.142. The predicted octanol–water partition coefficient (Wildman–Crippen LogP) is 1.60. The number of fused-ring (bicyclic) bond motifs is 2. The Labute approximate surface area is 103 Å². The van der Waals surface area contributed by atoms with Crippen LogP contribution >= 0.6 is 0 Å². The Hall–Kier alpha value is -0.610. The van der Waals surface area contributed by atoms with Gasteiger partial charge in [-0.15, -0.1) is 0 Å². The standard InChI is InChI=1S/C13H23NO3/c1-9(2)8-17-6-5-14-10-3-4-12(14)11(7-10)13(15)16/h9-12H,3-8H2,1-2H3,(H,15,16). The van der Waals surface area contributed by atoms with Crippen molar-refractivity contribution in [2.24, 2.45) is 11.8 Å². The molecule has 4 nitrogen and oxygen atoms in total. The van der Waals surface area contributed by atoms with Crippen LogP contribution in [0, 0.1) is 11.8 Å². The van der Waals surface area contributed by atoms with Gasteiger partial charge in [-0.05, 0) is 25.2 Å². The number of aliphatic carboxylic acids is 1. The van der Waals surface area contributed by atoms with Gasteiger partial charge in [-0.3, -0.25) is 9.69 Å². The topological polar surface area (TPSA) is 49.8 Å². The van der Waals surface area contributed by atoms with Crippen LogP contribution in [0.15, 0.2) is 0 Å².